The zero-order valence-corrected chi connectivity index (χ0v) is 17.6. The fraction of sp³-hybridized carbons (Fsp3) is 0.611. The molecule has 1 amide bonds. The van der Waals surface area contributed by atoms with Gasteiger partial charge >= 0.3 is 0 Å². The lowest BCUT2D eigenvalue weighted by Gasteiger charge is -2.32. The van der Waals surface area contributed by atoms with Gasteiger partial charge in [-0.25, -0.2) is 18.4 Å². The minimum Gasteiger partial charge on any atom is -0.356 e. The topological polar surface area (TPSA) is 92.3 Å². The van der Waals surface area contributed by atoms with E-state index in [9.17, 15) is 13.2 Å². The first-order valence-electron chi connectivity index (χ1n) is 9.26. The smallest absolute Gasteiger partial charge is 0.223 e. The highest BCUT2D eigenvalue weighted by atomic mass is 32.2. The first-order valence-corrected chi connectivity index (χ1v) is 11.9. The number of thiophene rings is 1. The van der Waals surface area contributed by atoms with E-state index in [4.69, 9.17) is 0 Å². The van der Waals surface area contributed by atoms with Crippen molar-refractivity contribution in [2.45, 2.75) is 33.6 Å². The SMILES string of the molecule is CCS(=O)(=O)CCNC(=O)C1CCN(c2ncnc3sc(C)c(C)c23)CC1. The molecule has 7 nitrogen and oxygen atoms in total. The highest BCUT2D eigenvalue weighted by Gasteiger charge is 2.27. The summed E-state index contributed by atoms with van der Waals surface area (Å²) in [6, 6.07) is 0. The Morgan fingerprint density at radius 2 is 2.00 bits per heavy atom. The van der Waals surface area contributed by atoms with Crippen molar-refractivity contribution in [1.29, 1.82) is 0 Å². The molecule has 2 aromatic rings. The van der Waals surface area contributed by atoms with E-state index in [0.29, 0.717) is 0 Å². The van der Waals surface area contributed by atoms with E-state index < -0.39 is 9.84 Å². The summed E-state index contributed by atoms with van der Waals surface area (Å²) in [5, 5.41) is 3.90. The lowest BCUT2D eigenvalue weighted by molar-refractivity contribution is -0.125. The molecule has 9 heteroatoms. The van der Waals surface area contributed by atoms with Gasteiger partial charge in [-0.1, -0.05) is 6.92 Å². The number of fused-ring (bicyclic) bond motifs is 1. The van der Waals surface area contributed by atoms with E-state index in [2.05, 4.69) is 34.0 Å². The van der Waals surface area contributed by atoms with Crippen molar-refractivity contribution in [2.24, 2.45) is 5.92 Å². The number of sulfone groups is 1. The summed E-state index contributed by atoms with van der Waals surface area (Å²) in [5.41, 5.74) is 1.22. The van der Waals surface area contributed by atoms with E-state index in [0.717, 1.165) is 42.0 Å². The molecule has 2 aromatic heterocycles. The normalized spacial score (nSPS) is 16.0. The minimum atomic E-state index is -3.05. The molecule has 1 N–H and O–H groups in total. The van der Waals surface area contributed by atoms with Crippen LogP contribution < -0.4 is 10.2 Å². The largest absolute Gasteiger partial charge is 0.356 e. The Hall–Kier alpha value is -1.74. The van der Waals surface area contributed by atoms with Gasteiger partial charge in [0, 0.05) is 36.2 Å². The highest BCUT2D eigenvalue weighted by Crippen LogP contribution is 2.35. The van der Waals surface area contributed by atoms with Crippen LogP contribution >= 0.6 is 11.3 Å². The summed E-state index contributed by atoms with van der Waals surface area (Å²) in [5.74, 6) is 0.944. The molecule has 0 atom stereocenters. The van der Waals surface area contributed by atoms with Crippen LogP contribution in [0, 0.1) is 19.8 Å². The van der Waals surface area contributed by atoms with Gasteiger partial charge < -0.3 is 10.2 Å². The maximum atomic E-state index is 12.3. The Morgan fingerprint density at radius 3 is 2.67 bits per heavy atom. The Labute approximate surface area is 164 Å². The predicted molar refractivity (Wildman–Crippen MR) is 109 cm³/mol. The average Bonchev–Trinajstić information content (AvgIpc) is 2.96. The standard InChI is InChI=1S/C18H26N4O3S2/c1-4-27(24,25)10-7-19-17(23)14-5-8-22(9-6-14)16-15-12(2)13(3)26-18(15)21-11-20-16/h11,14H,4-10H2,1-3H3,(H,19,23). The molecule has 1 aliphatic heterocycles. The van der Waals surface area contributed by atoms with Crippen LogP contribution in [-0.2, 0) is 14.6 Å². The third-order valence-corrected chi connectivity index (χ3v) is 8.08. The molecular weight excluding hydrogens is 384 g/mol. The van der Waals surface area contributed by atoms with Crippen LogP contribution in [0.15, 0.2) is 6.33 Å². The molecule has 0 aromatic carbocycles. The molecule has 0 radical (unpaired) electrons. The summed E-state index contributed by atoms with van der Waals surface area (Å²) in [7, 11) is -3.05. The molecule has 1 saturated heterocycles. The number of hydrogen-bond acceptors (Lipinski definition) is 7. The number of aromatic nitrogens is 2. The first-order chi connectivity index (χ1) is 12.8. The summed E-state index contributed by atoms with van der Waals surface area (Å²) >= 11 is 1.68. The summed E-state index contributed by atoms with van der Waals surface area (Å²) in [4.78, 5) is 25.7. The number of nitrogens with zero attached hydrogens (tertiary/aromatic N) is 3. The summed E-state index contributed by atoms with van der Waals surface area (Å²) in [6.45, 7) is 7.52. The van der Waals surface area contributed by atoms with Gasteiger partial charge in [0.15, 0.2) is 9.84 Å². The molecular formula is C18H26N4O3S2. The van der Waals surface area contributed by atoms with Gasteiger partial charge in [-0.05, 0) is 32.3 Å². The number of nitrogens with one attached hydrogen (secondary N) is 1. The number of piperidine rings is 1. The predicted octanol–water partition coefficient (Wildman–Crippen LogP) is 2.08. The molecule has 1 aliphatic rings. The summed E-state index contributed by atoms with van der Waals surface area (Å²) in [6.07, 6.45) is 3.08. The Balaban J connectivity index is 1.60. The van der Waals surface area contributed by atoms with E-state index in [1.54, 1.807) is 24.6 Å². The number of carbonyl (C=O) groups is 1. The van der Waals surface area contributed by atoms with E-state index >= 15 is 0 Å². The molecule has 0 aliphatic carbocycles. The maximum Gasteiger partial charge on any atom is 0.223 e. The number of amides is 1. The minimum absolute atomic E-state index is 0.00376. The second-order valence-electron chi connectivity index (χ2n) is 6.95. The third kappa shape index (κ3) is 4.40. The second kappa shape index (κ2) is 8.10. The Morgan fingerprint density at radius 1 is 1.30 bits per heavy atom. The summed E-state index contributed by atoms with van der Waals surface area (Å²) < 4.78 is 23.0. The van der Waals surface area contributed by atoms with Gasteiger partial charge in [0.2, 0.25) is 5.91 Å². The van der Waals surface area contributed by atoms with Crippen LogP contribution in [0.4, 0.5) is 5.82 Å². The molecule has 3 heterocycles. The van der Waals surface area contributed by atoms with Crippen LogP contribution in [0.1, 0.15) is 30.2 Å². The van der Waals surface area contributed by atoms with Gasteiger partial charge in [0.05, 0.1) is 11.1 Å². The fourth-order valence-electron chi connectivity index (χ4n) is 3.38. The quantitative estimate of drug-likeness (QED) is 0.784. The van der Waals surface area contributed by atoms with Gasteiger partial charge in [-0.3, -0.25) is 4.79 Å². The van der Waals surface area contributed by atoms with Crippen molar-refractivity contribution in [1.82, 2.24) is 15.3 Å². The third-order valence-electron chi connectivity index (χ3n) is 5.26. The molecule has 3 rings (SSSR count). The fourth-order valence-corrected chi connectivity index (χ4v) is 5.07. The molecule has 0 bridgehead atoms. The molecule has 0 spiro atoms. The Bertz CT molecular complexity index is 931. The van der Waals surface area contributed by atoms with Crippen LogP contribution in [0.5, 0.6) is 0 Å². The average molecular weight is 411 g/mol. The van der Waals surface area contributed by atoms with Crippen molar-refractivity contribution >= 4 is 43.1 Å². The molecule has 1 fully saturated rings. The Kier molecular flexibility index (Phi) is 6.00. The van der Waals surface area contributed by atoms with Gasteiger partial charge in [0.25, 0.3) is 0 Å². The number of rotatable bonds is 6. The number of hydrogen-bond donors (Lipinski definition) is 1. The van der Waals surface area contributed by atoms with E-state index in [-0.39, 0.29) is 29.9 Å². The van der Waals surface area contributed by atoms with Crippen LogP contribution in [-0.4, -0.2) is 55.4 Å². The maximum absolute atomic E-state index is 12.3. The van der Waals surface area contributed by atoms with Gasteiger partial charge in [-0.2, -0.15) is 0 Å². The number of carbonyl (C=O) groups excluding carboxylic acids is 1. The van der Waals surface area contributed by atoms with Gasteiger partial charge in [-0.15, -0.1) is 11.3 Å². The van der Waals surface area contributed by atoms with Crippen LogP contribution in [0.3, 0.4) is 0 Å². The monoisotopic (exact) mass is 410 g/mol. The van der Waals surface area contributed by atoms with Crippen molar-refractivity contribution in [3.05, 3.63) is 16.8 Å². The zero-order chi connectivity index (χ0) is 19.6. The lowest BCUT2D eigenvalue weighted by Crippen LogP contribution is -2.42. The van der Waals surface area contributed by atoms with E-state index in [1.165, 1.54) is 10.4 Å². The van der Waals surface area contributed by atoms with Crippen LogP contribution in [0.2, 0.25) is 0 Å². The molecule has 0 unspecified atom stereocenters. The van der Waals surface area contributed by atoms with Crippen molar-refractivity contribution in [2.75, 3.05) is 36.0 Å². The van der Waals surface area contributed by atoms with Crippen molar-refractivity contribution in [3.8, 4) is 0 Å². The zero-order valence-electron chi connectivity index (χ0n) is 16.0. The van der Waals surface area contributed by atoms with Crippen LogP contribution in [0.25, 0.3) is 10.2 Å². The molecule has 27 heavy (non-hydrogen) atoms. The van der Waals surface area contributed by atoms with Gasteiger partial charge in [0.1, 0.15) is 17.0 Å². The first kappa shape index (κ1) is 20.0. The highest BCUT2D eigenvalue weighted by molar-refractivity contribution is 7.91. The van der Waals surface area contributed by atoms with E-state index in [1.807, 2.05) is 0 Å². The van der Waals surface area contributed by atoms with Crippen molar-refractivity contribution in [3.63, 3.8) is 0 Å². The molecule has 0 saturated carbocycles. The number of aryl methyl sites for hydroxylation is 2. The lowest BCUT2D eigenvalue weighted by atomic mass is 9.95. The van der Waals surface area contributed by atoms with Crippen molar-refractivity contribution < 1.29 is 13.2 Å². The molecule has 148 valence electrons. The number of anilines is 1. The second-order valence-corrected chi connectivity index (χ2v) is 10.6.